The van der Waals surface area contributed by atoms with Crippen LogP contribution in [0.1, 0.15) is 34.1 Å². The molecular weight excluding hydrogens is 224 g/mol. The molecule has 4 nitrogen and oxygen atoms in total. The fourth-order valence-electron chi connectivity index (χ4n) is 1.69. The first-order valence-electron chi connectivity index (χ1n) is 5.94. The van der Waals surface area contributed by atoms with Gasteiger partial charge in [-0.2, -0.15) is 4.31 Å². The van der Waals surface area contributed by atoms with Gasteiger partial charge in [-0.05, 0) is 18.3 Å². The molecule has 16 heavy (non-hydrogen) atoms. The predicted octanol–water partition coefficient (Wildman–Crippen LogP) is 1.03. The van der Waals surface area contributed by atoms with Crippen LogP contribution < -0.4 is 5.73 Å². The summed E-state index contributed by atoms with van der Waals surface area (Å²) >= 11 is 0. The molecule has 1 aliphatic rings. The van der Waals surface area contributed by atoms with Crippen molar-refractivity contribution in [1.82, 2.24) is 4.31 Å². The Hall–Kier alpha value is -0.130. The van der Waals surface area contributed by atoms with Gasteiger partial charge in [-0.3, -0.25) is 0 Å². The molecule has 1 rings (SSSR count). The third-order valence-corrected chi connectivity index (χ3v) is 5.23. The van der Waals surface area contributed by atoms with Crippen LogP contribution in [0.25, 0.3) is 0 Å². The van der Waals surface area contributed by atoms with Crippen molar-refractivity contribution in [1.29, 1.82) is 0 Å². The number of nitrogens with zero attached hydrogens (tertiary/aromatic N) is 1. The summed E-state index contributed by atoms with van der Waals surface area (Å²) in [6, 6.07) is 0. The van der Waals surface area contributed by atoms with E-state index in [2.05, 4.69) is 0 Å². The minimum Gasteiger partial charge on any atom is -0.323 e. The van der Waals surface area contributed by atoms with E-state index in [1.54, 1.807) is 0 Å². The van der Waals surface area contributed by atoms with E-state index in [0.717, 1.165) is 6.42 Å². The van der Waals surface area contributed by atoms with Crippen LogP contribution in [0.5, 0.6) is 0 Å². The van der Waals surface area contributed by atoms with Gasteiger partial charge >= 0.3 is 0 Å². The third-order valence-electron chi connectivity index (χ3n) is 3.44. The summed E-state index contributed by atoms with van der Waals surface area (Å²) in [5.41, 5.74) is 5.77. The highest BCUT2D eigenvalue weighted by atomic mass is 32.2. The van der Waals surface area contributed by atoms with Gasteiger partial charge in [0.1, 0.15) is 0 Å². The van der Waals surface area contributed by atoms with Crippen molar-refractivity contribution >= 4 is 10.0 Å². The van der Waals surface area contributed by atoms with Crippen molar-refractivity contribution in [3.8, 4) is 0 Å². The van der Waals surface area contributed by atoms with Crippen LogP contribution in [0.4, 0.5) is 0 Å². The molecule has 0 radical (unpaired) electrons. The second-order valence-corrected chi connectivity index (χ2v) is 7.74. The molecular formula is C11H24N2O2S. The molecule has 1 heterocycles. The van der Waals surface area contributed by atoms with E-state index in [4.69, 9.17) is 5.73 Å². The first-order valence-corrected chi connectivity index (χ1v) is 7.55. The molecule has 5 heteroatoms. The van der Waals surface area contributed by atoms with E-state index in [1.165, 1.54) is 4.31 Å². The summed E-state index contributed by atoms with van der Waals surface area (Å²) in [5, 5.41) is 0. The van der Waals surface area contributed by atoms with Gasteiger partial charge in [0.05, 0.1) is 5.75 Å². The van der Waals surface area contributed by atoms with E-state index < -0.39 is 10.0 Å². The Morgan fingerprint density at radius 2 is 1.75 bits per heavy atom. The minimum absolute atomic E-state index is 0.249. The van der Waals surface area contributed by atoms with E-state index in [9.17, 15) is 8.42 Å². The summed E-state index contributed by atoms with van der Waals surface area (Å²) in [7, 11) is -3.07. The van der Waals surface area contributed by atoms with Gasteiger partial charge in [0.2, 0.25) is 10.0 Å². The topological polar surface area (TPSA) is 63.4 Å². The zero-order valence-electron chi connectivity index (χ0n) is 10.7. The first-order chi connectivity index (χ1) is 7.17. The third kappa shape index (κ3) is 2.96. The smallest absolute Gasteiger partial charge is 0.214 e. The highest BCUT2D eigenvalue weighted by Gasteiger charge is 2.46. The van der Waals surface area contributed by atoms with Gasteiger partial charge in [0, 0.05) is 18.6 Å². The van der Waals surface area contributed by atoms with Gasteiger partial charge in [-0.15, -0.1) is 0 Å². The van der Waals surface area contributed by atoms with Gasteiger partial charge in [0.25, 0.3) is 0 Å². The van der Waals surface area contributed by atoms with Crippen LogP contribution in [-0.2, 0) is 10.0 Å². The Morgan fingerprint density at radius 1 is 1.25 bits per heavy atom. The van der Waals surface area contributed by atoms with Crippen molar-refractivity contribution in [2.75, 3.05) is 18.8 Å². The SMILES string of the molecule is CC(C)CCS(=O)(=O)N1CC(N)(C(C)C)C1. The molecule has 0 aliphatic carbocycles. The Balaban J connectivity index is 2.50. The second-order valence-electron chi connectivity index (χ2n) is 5.65. The van der Waals surface area contributed by atoms with Crippen molar-refractivity contribution in [2.45, 2.75) is 39.7 Å². The Morgan fingerprint density at radius 3 is 2.12 bits per heavy atom. The molecule has 2 N–H and O–H groups in total. The van der Waals surface area contributed by atoms with Crippen molar-refractivity contribution in [2.24, 2.45) is 17.6 Å². The van der Waals surface area contributed by atoms with Crippen molar-refractivity contribution in [3.63, 3.8) is 0 Å². The molecule has 96 valence electrons. The fraction of sp³-hybridized carbons (Fsp3) is 1.00. The molecule has 0 unspecified atom stereocenters. The molecule has 1 aliphatic heterocycles. The van der Waals surface area contributed by atoms with E-state index in [0.29, 0.717) is 24.9 Å². The summed E-state index contributed by atoms with van der Waals surface area (Å²) in [5.74, 6) is 0.992. The monoisotopic (exact) mass is 248 g/mol. The molecule has 0 amide bonds. The average Bonchev–Trinajstić information content (AvgIpc) is 2.09. The number of sulfonamides is 1. The maximum Gasteiger partial charge on any atom is 0.214 e. The summed E-state index contributed by atoms with van der Waals surface area (Å²) in [6.45, 7) is 9.10. The molecule has 0 saturated carbocycles. The number of rotatable bonds is 5. The minimum atomic E-state index is -3.07. The van der Waals surface area contributed by atoms with Gasteiger partial charge in [-0.1, -0.05) is 27.7 Å². The van der Waals surface area contributed by atoms with Gasteiger partial charge < -0.3 is 5.73 Å². The van der Waals surface area contributed by atoms with Crippen LogP contribution in [0.2, 0.25) is 0 Å². The molecule has 1 saturated heterocycles. The maximum absolute atomic E-state index is 11.9. The first kappa shape index (κ1) is 13.9. The van der Waals surface area contributed by atoms with Crippen molar-refractivity contribution < 1.29 is 8.42 Å². The highest BCUT2D eigenvalue weighted by Crippen LogP contribution is 2.29. The van der Waals surface area contributed by atoms with E-state index in [1.807, 2.05) is 27.7 Å². The second kappa shape index (κ2) is 4.63. The van der Waals surface area contributed by atoms with Gasteiger partial charge in [0.15, 0.2) is 0 Å². The molecule has 0 atom stereocenters. The largest absolute Gasteiger partial charge is 0.323 e. The Labute approximate surface area is 99.2 Å². The summed E-state index contributed by atoms with van der Waals surface area (Å²) in [4.78, 5) is 0. The lowest BCUT2D eigenvalue weighted by atomic mass is 9.82. The lowest BCUT2D eigenvalue weighted by Crippen LogP contribution is -2.71. The van der Waals surface area contributed by atoms with Crippen LogP contribution in [-0.4, -0.2) is 37.1 Å². The number of hydrogen-bond donors (Lipinski definition) is 1. The lowest BCUT2D eigenvalue weighted by molar-refractivity contribution is 0.110. The van der Waals surface area contributed by atoms with Crippen LogP contribution >= 0.6 is 0 Å². The van der Waals surface area contributed by atoms with Crippen LogP contribution in [0.3, 0.4) is 0 Å². The zero-order valence-corrected chi connectivity index (χ0v) is 11.5. The molecule has 1 fully saturated rings. The normalized spacial score (nSPS) is 21.4. The summed E-state index contributed by atoms with van der Waals surface area (Å²) in [6.07, 6.45) is 0.720. The van der Waals surface area contributed by atoms with Crippen LogP contribution in [0.15, 0.2) is 0 Å². The van der Waals surface area contributed by atoms with Crippen molar-refractivity contribution in [3.05, 3.63) is 0 Å². The Kier molecular flexibility index (Phi) is 4.03. The molecule has 0 aromatic carbocycles. The standard InChI is InChI=1S/C11H24N2O2S/c1-9(2)5-6-16(14,15)13-7-11(12,8-13)10(3)4/h9-10H,5-8,12H2,1-4H3. The van der Waals surface area contributed by atoms with E-state index >= 15 is 0 Å². The lowest BCUT2D eigenvalue weighted by Gasteiger charge is -2.49. The fourth-order valence-corrected chi connectivity index (χ4v) is 3.59. The Bertz CT molecular complexity index is 330. The molecule has 0 aromatic heterocycles. The predicted molar refractivity (Wildman–Crippen MR) is 66.6 cm³/mol. The molecule has 0 bridgehead atoms. The molecule has 0 spiro atoms. The highest BCUT2D eigenvalue weighted by molar-refractivity contribution is 7.89. The summed E-state index contributed by atoms with van der Waals surface area (Å²) < 4.78 is 25.3. The number of hydrogen-bond acceptors (Lipinski definition) is 3. The maximum atomic E-state index is 11.9. The van der Waals surface area contributed by atoms with Gasteiger partial charge in [-0.25, -0.2) is 8.42 Å². The molecule has 0 aromatic rings. The average molecular weight is 248 g/mol. The number of nitrogens with two attached hydrogens (primary N) is 1. The van der Waals surface area contributed by atoms with E-state index in [-0.39, 0.29) is 11.3 Å². The van der Waals surface area contributed by atoms with Crippen LogP contribution in [0, 0.1) is 11.8 Å². The zero-order chi connectivity index (χ0) is 12.6. The quantitative estimate of drug-likeness (QED) is 0.790.